The number of hydrogen-bond donors (Lipinski definition) is 1. The lowest BCUT2D eigenvalue weighted by atomic mass is 9.85. The van der Waals surface area contributed by atoms with Crippen molar-refractivity contribution in [3.8, 4) is 0 Å². The number of benzene rings is 1. The van der Waals surface area contributed by atoms with Crippen molar-refractivity contribution in [2.75, 3.05) is 11.4 Å². The molecule has 3 rings (SSSR count). The van der Waals surface area contributed by atoms with Crippen LogP contribution in [0.4, 0.5) is 5.69 Å². The van der Waals surface area contributed by atoms with Gasteiger partial charge in [-0.2, -0.15) is 0 Å². The lowest BCUT2D eigenvalue weighted by Crippen LogP contribution is -2.34. The van der Waals surface area contributed by atoms with Gasteiger partial charge < -0.3 is 10.0 Å². The van der Waals surface area contributed by atoms with Gasteiger partial charge in [0.05, 0.1) is 0 Å². The number of carboxylic acids is 1. The lowest BCUT2D eigenvalue weighted by Gasteiger charge is -2.33. The van der Waals surface area contributed by atoms with Crippen LogP contribution in [0.2, 0.25) is 0 Å². The second-order valence-corrected chi connectivity index (χ2v) is 6.83. The number of fused-ring (bicyclic) bond motifs is 1. The maximum Gasteiger partial charge on any atom is 0.328 e. The summed E-state index contributed by atoms with van der Waals surface area (Å²) in [5, 5.41) is 8.71. The molecule has 2 unspecified atom stereocenters. The largest absolute Gasteiger partial charge is 0.478 e. The van der Waals surface area contributed by atoms with Crippen molar-refractivity contribution in [2.24, 2.45) is 5.92 Å². The summed E-state index contributed by atoms with van der Waals surface area (Å²) in [7, 11) is 0. The quantitative estimate of drug-likeness (QED) is 0.826. The molecule has 1 aromatic carbocycles. The van der Waals surface area contributed by atoms with Crippen LogP contribution in [0, 0.1) is 5.92 Å². The van der Waals surface area contributed by atoms with Crippen molar-refractivity contribution in [2.45, 2.75) is 38.1 Å². The molecule has 1 saturated heterocycles. The summed E-state index contributed by atoms with van der Waals surface area (Å²) in [6.07, 6.45) is 9.53. The summed E-state index contributed by atoms with van der Waals surface area (Å²) in [5.74, 6) is -0.0559. The summed E-state index contributed by atoms with van der Waals surface area (Å²) in [5.41, 5.74) is 2.16. The Morgan fingerprint density at radius 3 is 2.86 bits per heavy atom. The predicted octanol–water partition coefficient (Wildman–Crippen LogP) is 4.32. The van der Waals surface area contributed by atoms with Gasteiger partial charge in [0.2, 0.25) is 0 Å². The molecule has 4 heteroatoms. The number of carbonyl (C=O) groups is 1. The Balaban J connectivity index is 1.80. The average molecular weight is 350 g/mol. The van der Waals surface area contributed by atoms with E-state index in [1.807, 2.05) is 6.07 Å². The van der Waals surface area contributed by atoms with E-state index in [0.717, 1.165) is 22.5 Å². The Morgan fingerprint density at radius 1 is 1.29 bits per heavy atom. The van der Waals surface area contributed by atoms with Crippen molar-refractivity contribution in [3.63, 3.8) is 0 Å². The normalized spacial score (nSPS) is 25.3. The van der Waals surface area contributed by atoms with Crippen LogP contribution in [0.25, 0.3) is 6.08 Å². The lowest BCUT2D eigenvalue weighted by molar-refractivity contribution is -0.131. The molecule has 0 spiro atoms. The Morgan fingerprint density at radius 2 is 2.10 bits per heavy atom. The van der Waals surface area contributed by atoms with Crippen LogP contribution in [0.5, 0.6) is 0 Å². The van der Waals surface area contributed by atoms with Gasteiger partial charge in [-0.3, -0.25) is 0 Å². The topological polar surface area (TPSA) is 40.5 Å². The van der Waals surface area contributed by atoms with Crippen molar-refractivity contribution in [1.82, 2.24) is 0 Å². The van der Waals surface area contributed by atoms with E-state index in [1.165, 1.54) is 43.9 Å². The van der Waals surface area contributed by atoms with Crippen molar-refractivity contribution in [3.05, 3.63) is 34.3 Å². The smallest absolute Gasteiger partial charge is 0.328 e. The van der Waals surface area contributed by atoms with E-state index in [9.17, 15) is 4.79 Å². The van der Waals surface area contributed by atoms with Gasteiger partial charge in [0, 0.05) is 28.8 Å². The van der Waals surface area contributed by atoms with Crippen LogP contribution >= 0.6 is 15.9 Å². The molecule has 2 fully saturated rings. The summed E-state index contributed by atoms with van der Waals surface area (Å²) >= 11 is 3.56. The van der Waals surface area contributed by atoms with Crippen molar-refractivity contribution < 1.29 is 9.90 Å². The molecule has 0 aromatic heterocycles. The number of halogens is 1. The Labute approximate surface area is 133 Å². The minimum atomic E-state index is -0.921. The number of anilines is 1. The summed E-state index contributed by atoms with van der Waals surface area (Å²) in [4.78, 5) is 13.1. The first kappa shape index (κ1) is 14.6. The van der Waals surface area contributed by atoms with Gasteiger partial charge in [0.1, 0.15) is 0 Å². The molecular weight excluding hydrogens is 330 g/mol. The van der Waals surface area contributed by atoms with Gasteiger partial charge in [-0.1, -0.05) is 34.8 Å². The standard InChI is InChI=1S/C17H20BrNO2/c18-15-11-14(7-5-12(15)6-8-17(20)21)19-10-9-13-3-1-2-4-16(13)19/h5-8,11,13,16H,1-4,9-10H2,(H,20,21)/b8-6+. The monoisotopic (exact) mass is 349 g/mol. The molecule has 2 aliphatic rings. The van der Waals surface area contributed by atoms with Crippen LogP contribution in [-0.2, 0) is 4.79 Å². The van der Waals surface area contributed by atoms with E-state index >= 15 is 0 Å². The fourth-order valence-corrected chi connectivity index (χ4v) is 4.22. The number of carboxylic acid groups (broad SMARTS) is 1. The molecule has 1 saturated carbocycles. The molecule has 0 bridgehead atoms. The molecule has 21 heavy (non-hydrogen) atoms. The van der Waals surface area contributed by atoms with Gasteiger partial charge in [-0.25, -0.2) is 4.79 Å². The number of aliphatic carboxylic acids is 1. The van der Waals surface area contributed by atoms with E-state index in [-0.39, 0.29) is 0 Å². The van der Waals surface area contributed by atoms with E-state index in [0.29, 0.717) is 6.04 Å². The first-order chi connectivity index (χ1) is 10.1. The predicted molar refractivity (Wildman–Crippen MR) is 88.5 cm³/mol. The minimum Gasteiger partial charge on any atom is -0.478 e. The zero-order valence-corrected chi connectivity index (χ0v) is 13.6. The van der Waals surface area contributed by atoms with Crippen LogP contribution in [-0.4, -0.2) is 23.7 Å². The average Bonchev–Trinajstić information content (AvgIpc) is 2.89. The Hall–Kier alpha value is -1.29. The van der Waals surface area contributed by atoms with Crippen LogP contribution in [0.1, 0.15) is 37.7 Å². The third kappa shape index (κ3) is 3.15. The molecular formula is C17H20BrNO2. The molecule has 1 aliphatic heterocycles. The molecule has 2 atom stereocenters. The zero-order valence-electron chi connectivity index (χ0n) is 12.0. The second kappa shape index (κ2) is 6.22. The molecule has 0 amide bonds. The van der Waals surface area contributed by atoms with Crippen molar-refractivity contribution >= 4 is 33.7 Å². The summed E-state index contributed by atoms with van der Waals surface area (Å²) in [6.45, 7) is 1.14. The zero-order chi connectivity index (χ0) is 14.8. The molecule has 0 radical (unpaired) electrons. The van der Waals surface area contributed by atoms with Gasteiger partial charge in [-0.15, -0.1) is 0 Å². The third-order valence-electron chi connectivity index (χ3n) is 4.73. The molecule has 1 N–H and O–H groups in total. The molecule has 3 nitrogen and oxygen atoms in total. The van der Waals surface area contributed by atoms with Crippen LogP contribution < -0.4 is 4.90 Å². The summed E-state index contributed by atoms with van der Waals surface area (Å²) in [6, 6.07) is 6.93. The molecule has 1 aromatic rings. The molecule has 1 aliphatic carbocycles. The second-order valence-electron chi connectivity index (χ2n) is 5.97. The van der Waals surface area contributed by atoms with Gasteiger partial charge in [0.15, 0.2) is 0 Å². The molecule has 112 valence electrons. The first-order valence-electron chi connectivity index (χ1n) is 7.62. The van der Waals surface area contributed by atoms with Gasteiger partial charge in [0.25, 0.3) is 0 Å². The Bertz CT molecular complexity index is 570. The van der Waals surface area contributed by atoms with Crippen LogP contribution in [0.3, 0.4) is 0 Å². The third-order valence-corrected chi connectivity index (χ3v) is 5.42. The number of nitrogens with zero attached hydrogens (tertiary/aromatic N) is 1. The highest BCUT2D eigenvalue weighted by Gasteiger charge is 2.35. The van der Waals surface area contributed by atoms with Crippen molar-refractivity contribution in [1.29, 1.82) is 0 Å². The van der Waals surface area contributed by atoms with E-state index in [4.69, 9.17) is 5.11 Å². The van der Waals surface area contributed by atoms with Crippen LogP contribution in [0.15, 0.2) is 28.7 Å². The minimum absolute atomic E-state index is 0.700. The highest BCUT2D eigenvalue weighted by Crippen LogP contribution is 2.39. The maximum absolute atomic E-state index is 10.6. The summed E-state index contributed by atoms with van der Waals surface area (Å²) < 4.78 is 0.955. The number of hydrogen-bond acceptors (Lipinski definition) is 2. The SMILES string of the molecule is O=C(O)/C=C/c1ccc(N2CCC3CCCCC32)cc1Br. The van der Waals surface area contributed by atoms with Gasteiger partial charge in [-0.05, 0) is 49.0 Å². The Kier molecular flexibility index (Phi) is 4.34. The van der Waals surface area contributed by atoms with E-state index in [1.54, 1.807) is 6.08 Å². The fourth-order valence-electron chi connectivity index (χ4n) is 3.72. The highest BCUT2D eigenvalue weighted by atomic mass is 79.9. The molecule has 1 heterocycles. The van der Waals surface area contributed by atoms with E-state index < -0.39 is 5.97 Å². The first-order valence-corrected chi connectivity index (χ1v) is 8.41. The van der Waals surface area contributed by atoms with Gasteiger partial charge >= 0.3 is 5.97 Å². The van der Waals surface area contributed by atoms with E-state index in [2.05, 4.69) is 33.0 Å². The highest BCUT2D eigenvalue weighted by molar-refractivity contribution is 9.10. The maximum atomic E-state index is 10.6. The fraction of sp³-hybridized carbons (Fsp3) is 0.471. The number of rotatable bonds is 3.